The summed E-state index contributed by atoms with van der Waals surface area (Å²) in [5, 5.41) is 0.231. The Bertz CT molecular complexity index is 296. The number of rotatable bonds is 2. The minimum Gasteiger partial charge on any atom is -0.431 e. The summed E-state index contributed by atoms with van der Waals surface area (Å²) in [6.45, 7) is -2.96. The molecule has 2 N–H and O–H groups in total. The molecule has 1 aromatic carbocycles. The minimum absolute atomic E-state index is 0.0159. The summed E-state index contributed by atoms with van der Waals surface area (Å²) < 4.78 is 27.7. The fourth-order valence-electron chi connectivity index (χ4n) is 0.794. The Balaban J connectivity index is 3.06. The molecule has 0 fully saturated rings. The molecule has 0 saturated carbocycles. The van der Waals surface area contributed by atoms with Crippen molar-refractivity contribution in [3.63, 3.8) is 0 Å². The van der Waals surface area contributed by atoms with Gasteiger partial charge in [0.05, 0.1) is 10.7 Å². The number of hydrogen-bond donors (Lipinski definition) is 1. The third-order valence-corrected chi connectivity index (χ3v) is 1.74. The maximum atomic E-state index is 11.8. The van der Waals surface area contributed by atoms with E-state index >= 15 is 0 Å². The molecule has 0 bridgehead atoms. The molecule has 0 atom stereocenters. The van der Waals surface area contributed by atoms with Gasteiger partial charge in [-0.1, -0.05) is 23.2 Å². The van der Waals surface area contributed by atoms with Crippen molar-refractivity contribution in [1.82, 2.24) is 0 Å². The molecule has 0 spiro atoms. The van der Waals surface area contributed by atoms with Gasteiger partial charge in [0, 0.05) is 5.02 Å². The first-order valence-corrected chi connectivity index (χ1v) is 3.95. The molecule has 2 nitrogen and oxygen atoms in total. The Kier molecular flexibility index (Phi) is 3.17. The molecule has 1 rings (SSSR count). The highest BCUT2D eigenvalue weighted by Crippen LogP contribution is 2.35. The normalized spacial score (nSPS) is 10.5. The number of hydrogen-bond acceptors (Lipinski definition) is 2. The highest BCUT2D eigenvalue weighted by atomic mass is 35.5. The van der Waals surface area contributed by atoms with Crippen LogP contribution in [0.1, 0.15) is 0 Å². The van der Waals surface area contributed by atoms with Crippen LogP contribution in [0.2, 0.25) is 10.0 Å². The maximum Gasteiger partial charge on any atom is 0.387 e. The van der Waals surface area contributed by atoms with E-state index in [0.717, 1.165) is 0 Å². The quantitative estimate of drug-likeness (QED) is 0.789. The maximum absolute atomic E-state index is 11.8. The third-order valence-electron chi connectivity index (χ3n) is 1.24. The smallest absolute Gasteiger partial charge is 0.387 e. The number of nitrogens with two attached hydrogens (primary N) is 1. The van der Waals surface area contributed by atoms with Crippen LogP contribution in [0, 0.1) is 0 Å². The van der Waals surface area contributed by atoms with Crippen molar-refractivity contribution in [2.75, 3.05) is 5.73 Å². The first-order valence-electron chi connectivity index (χ1n) is 3.20. The molecule has 0 aliphatic rings. The van der Waals surface area contributed by atoms with Crippen molar-refractivity contribution in [3.8, 4) is 5.75 Å². The number of nitrogen functional groups attached to an aromatic ring is 1. The molecular weight excluding hydrogens is 223 g/mol. The average molecular weight is 228 g/mol. The second-order valence-electron chi connectivity index (χ2n) is 2.18. The number of benzene rings is 1. The molecule has 6 heteroatoms. The fraction of sp³-hybridized carbons (Fsp3) is 0.143. The first-order chi connectivity index (χ1) is 6.00. The topological polar surface area (TPSA) is 35.2 Å². The van der Waals surface area contributed by atoms with Gasteiger partial charge in [-0.25, -0.2) is 0 Å². The number of ether oxygens (including phenoxy) is 1. The van der Waals surface area contributed by atoms with E-state index in [-0.39, 0.29) is 21.5 Å². The van der Waals surface area contributed by atoms with Crippen molar-refractivity contribution < 1.29 is 13.5 Å². The van der Waals surface area contributed by atoms with Crippen molar-refractivity contribution in [3.05, 3.63) is 22.2 Å². The average Bonchev–Trinajstić information content (AvgIpc) is 1.96. The fourth-order valence-corrected chi connectivity index (χ4v) is 1.35. The summed E-state index contributed by atoms with van der Waals surface area (Å²) in [5.74, 6) is -0.249. The van der Waals surface area contributed by atoms with Gasteiger partial charge in [-0.3, -0.25) is 0 Å². The van der Waals surface area contributed by atoms with Crippen LogP contribution in [0.3, 0.4) is 0 Å². The van der Waals surface area contributed by atoms with Crippen molar-refractivity contribution in [2.24, 2.45) is 0 Å². The Morgan fingerprint density at radius 2 is 1.92 bits per heavy atom. The number of halogens is 4. The zero-order valence-corrected chi connectivity index (χ0v) is 7.74. The highest BCUT2D eigenvalue weighted by Gasteiger charge is 2.12. The van der Waals surface area contributed by atoms with Crippen LogP contribution in [0.5, 0.6) is 5.75 Å². The van der Waals surface area contributed by atoms with E-state index in [4.69, 9.17) is 28.9 Å². The summed E-state index contributed by atoms with van der Waals surface area (Å²) in [5.41, 5.74) is 5.33. The van der Waals surface area contributed by atoms with Crippen LogP contribution < -0.4 is 10.5 Å². The summed E-state index contributed by atoms with van der Waals surface area (Å²) in [7, 11) is 0. The Labute approximate surface area is 83.2 Å². The monoisotopic (exact) mass is 227 g/mol. The van der Waals surface area contributed by atoms with Gasteiger partial charge in [0.2, 0.25) is 0 Å². The predicted octanol–water partition coefficient (Wildman–Crippen LogP) is 3.18. The van der Waals surface area contributed by atoms with Gasteiger partial charge < -0.3 is 10.5 Å². The zero-order valence-electron chi connectivity index (χ0n) is 6.23. The molecule has 0 unspecified atom stereocenters. The van der Waals surface area contributed by atoms with Gasteiger partial charge in [0.1, 0.15) is 0 Å². The molecule has 0 heterocycles. The summed E-state index contributed by atoms with van der Waals surface area (Å²) >= 11 is 11.1. The molecular formula is C7H5Cl2F2NO. The third kappa shape index (κ3) is 2.60. The molecule has 0 aliphatic heterocycles. The number of alkyl halides is 2. The lowest BCUT2D eigenvalue weighted by molar-refractivity contribution is -0.0492. The Morgan fingerprint density at radius 1 is 1.31 bits per heavy atom. The molecule has 0 radical (unpaired) electrons. The standard InChI is InChI=1S/C7H5Cl2F2NO/c8-3-1-4(9)6(5(12)2-3)13-7(10)11/h1-2,7H,12H2. The molecule has 13 heavy (non-hydrogen) atoms. The first kappa shape index (κ1) is 10.3. The molecule has 0 saturated heterocycles. The van der Waals surface area contributed by atoms with E-state index < -0.39 is 6.61 Å². The summed E-state index contributed by atoms with van der Waals surface area (Å²) in [6, 6.07) is 2.56. The molecule has 0 aromatic heterocycles. The highest BCUT2D eigenvalue weighted by molar-refractivity contribution is 6.36. The molecule has 0 amide bonds. The zero-order chi connectivity index (χ0) is 10.0. The van der Waals surface area contributed by atoms with Crippen LogP contribution in [-0.4, -0.2) is 6.61 Å². The van der Waals surface area contributed by atoms with Crippen molar-refractivity contribution >= 4 is 28.9 Å². The Morgan fingerprint density at radius 3 is 2.38 bits per heavy atom. The van der Waals surface area contributed by atoms with Crippen LogP contribution in [0.15, 0.2) is 12.1 Å². The van der Waals surface area contributed by atoms with Gasteiger partial charge in [0.15, 0.2) is 5.75 Å². The SMILES string of the molecule is Nc1cc(Cl)cc(Cl)c1OC(F)F. The van der Waals surface area contributed by atoms with E-state index in [1.165, 1.54) is 12.1 Å². The van der Waals surface area contributed by atoms with Gasteiger partial charge in [-0.2, -0.15) is 8.78 Å². The Hall–Kier alpha value is -0.740. The van der Waals surface area contributed by atoms with Crippen LogP contribution >= 0.6 is 23.2 Å². The predicted molar refractivity (Wildman–Crippen MR) is 47.5 cm³/mol. The van der Waals surface area contributed by atoms with Gasteiger partial charge in [-0.05, 0) is 12.1 Å². The second-order valence-corrected chi connectivity index (χ2v) is 3.03. The van der Waals surface area contributed by atoms with Gasteiger partial charge in [0.25, 0.3) is 0 Å². The molecule has 72 valence electrons. The molecule has 0 aliphatic carbocycles. The van der Waals surface area contributed by atoms with Crippen LogP contribution in [0.4, 0.5) is 14.5 Å². The van der Waals surface area contributed by atoms with Crippen molar-refractivity contribution in [2.45, 2.75) is 6.61 Å². The van der Waals surface area contributed by atoms with E-state index in [1.807, 2.05) is 0 Å². The van der Waals surface area contributed by atoms with E-state index in [9.17, 15) is 8.78 Å². The van der Waals surface area contributed by atoms with Crippen molar-refractivity contribution in [1.29, 1.82) is 0 Å². The lowest BCUT2D eigenvalue weighted by Crippen LogP contribution is -2.04. The number of anilines is 1. The lowest BCUT2D eigenvalue weighted by Gasteiger charge is -2.09. The second kappa shape index (κ2) is 3.98. The van der Waals surface area contributed by atoms with Gasteiger partial charge in [-0.15, -0.1) is 0 Å². The van der Waals surface area contributed by atoms with Crippen LogP contribution in [-0.2, 0) is 0 Å². The molecule has 1 aromatic rings. The van der Waals surface area contributed by atoms with Gasteiger partial charge >= 0.3 is 6.61 Å². The minimum atomic E-state index is -2.96. The largest absolute Gasteiger partial charge is 0.431 e. The summed E-state index contributed by atoms with van der Waals surface area (Å²) in [6.07, 6.45) is 0. The van der Waals surface area contributed by atoms with E-state index in [2.05, 4.69) is 4.74 Å². The van der Waals surface area contributed by atoms with E-state index in [1.54, 1.807) is 0 Å². The lowest BCUT2D eigenvalue weighted by atomic mass is 10.3. The van der Waals surface area contributed by atoms with Crippen LogP contribution in [0.25, 0.3) is 0 Å². The van der Waals surface area contributed by atoms with E-state index in [0.29, 0.717) is 0 Å². The summed E-state index contributed by atoms with van der Waals surface area (Å²) in [4.78, 5) is 0.